The summed E-state index contributed by atoms with van der Waals surface area (Å²) in [6.07, 6.45) is -0.502. The van der Waals surface area contributed by atoms with E-state index in [-0.39, 0.29) is 19.2 Å². The molecule has 0 aliphatic rings. The van der Waals surface area contributed by atoms with Crippen molar-refractivity contribution in [2.24, 2.45) is 0 Å². The van der Waals surface area contributed by atoms with E-state index in [0.29, 0.717) is 5.56 Å². The van der Waals surface area contributed by atoms with Gasteiger partial charge in [-0.2, -0.15) is 0 Å². The summed E-state index contributed by atoms with van der Waals surface area (Å²) in [5, 5.41) is 8.42. The van der Waals surface area contributed by atoms with E-state index in [4.69, 9.17) is 4.74 Å². The normalized spacial score (nSPS) is 17.3. The van der Waals surface area contributed by atoms with Crippen LogP contribution in [0, 0.1) is 0 Å². The number of ether oxygens (including phenoxy) is 1. The molecule has 0 fully saturated rings. The fourth-order valence-electron chi connectivity index (χ4n) is 1.65. The molecule has 1 unspecified atom stereocenters. The fourth-order valence-corrected chi connectivity index (χ4v) is 3.12. The number of rotatable bonds is 6. The average molecular weight is 286 g/mol. The highest BCUT2D eigenvalue weighted by Crippen LogP contribution is 2.58. The average Bonchev–Trinajstić information content (AvgIpc) is 2.38. The van der Waals surface area contributed by atoms with Gasteiger partial charge < -0.3 is 14.7 Å². The lowest BCUT2D eigenvalue weighted by Gasteiger charge is -2.29. The molecule has 0 radical (unpaired) electrons. The molecule has 2 atom stereocenters. The van der Waals surface area contributed by atoms with Crippen LogP contribution in [0.4, 0.5) is 0 Å². The number of aliphatic hydroxyl groups is 1. The van der Waals surface area contributed by atoms with Crippen molar-refractivity contribution in [1.29, 1.82) is 0 Å². The highest BCUT2D eigenvalue weighted by molar-refractivity contribution is 7.59. The van der Waals surface area contributed by atoms with Crippen LogP contribution in [0.15, 0.2) is 30.3 Å². The van der Waals surface area contributed by atoms with Crippen molar-refractivity contribution in [2.75, 3.05) is 12.8 Å². The minimum absolute atomic E-state index is 0.190. The first-order valence-electron chi connectivity index (χ1n) is 6.06. The van der Waals surface area contributed by atoms with Gasteiger partial charge in [-0.1, -0.05) is 30.3 Å². The quantitative estimate of drug-likeness (QED) is 0.618. The van der Waals surface area contributed by atoms with Crippen molar-refractivity contribution in [1.82, 2.24) is 0 Å². The molecule has 0 saturated heterocycles. The van der Waals surface area contributed by atoms with Crippen molar-refractivity contribution >= 4 is 13.3 Å². The molecule has 0 aliphatic carbocycles. The molecule has 106 valence electrons. The van der Waals surface area contributed by atoms with E-state index in [1.165, 1.54) is 6.92 Å². The second-order valence-electron chi connectivity index (χ2n) is 4.37. The Morgan fingerprint density at radius 3 is 2.47 bits per heavy atom. The van der Waals surface area contributed by atoms with Crippen LogP contribution in [0.1, 0.15) is 25.8 Å². The lowest BCUT2D eigenvalue weighted by molar-refractivity contribution is -0.142. The van der Waals surface area contributed by atoms with E-state index >= 15 is 0 Å². The molecule has 6 heteroatoms. The summed E-state index contributed by atoms with van der Waals surface area (Å²) in [7, 11) is -3.94. The smallest absolute Gasteiger partial charge is 0.306 e. The number of benzene rings is 1. The van der Waals surface area contributed by atoms with Gasteiger partial charge in [-0.15, -0.1) is 0 Å². The van der Waals surface area contributed by atoms with Crippen LogP contribution in [0.25, 0.3) is 0 Å². The van der Waals surface area contributed by atoms with Gasteiger partial charge in [0.1, 0.15) is 0 Å². The maximum Gasteiger partial charge on any atom is 0.306 e. The summed E-state index contributed by atoms with van der Waals surface area (Å²) in [4.78, 5) is 21.2. The van der Waals surface area contributed by atoms with E-state index in [0.717, 1.165) is 0 Å². The Morgan fingerprint density at radius 2 is 1.95 bits per heavy atom. The van der Waals surface area contributed by atoms with E-state index in [2.05, 4.69) is 0 Å². The van der Waals surface area contributed by atoms with Crippen LogP contribution in [-0.2, 0) is 19.4 Å². The number of esters is 1. The number of carbonyl (C=O) groups excluding carboxylic acids is 1. The summed E-state index contributed by atoms with van der Waals surface area (Å²) < 4.78 is 16.9. The third-order valence-electron chi connectivity index (χ3n) is 2.93. The molecule has 1 rings (SSSR count). The van der Waals surface area contributed by atoms with Gasteiger partial charge in [0.2, 0.25) is 7.37 Å². The van der Waals surface area contributed by atoms with Crippen LogP contribution in [0.5, 0.6) is 0 Å². The largest absolute Gasteiger partial charge is 0.466 e. The predicted molar refractivity (Wildman–Crippen MR) is 72.0 cm³/mol. The van der Waals surface area contributed by atoms with Gasteiger partial charge in [0.05, 0.1) is 13.0 Å². The minimum Gasteiger partial charge on any atom is -0.466 e. The molecule has 2 N–H and O–H groups in total. The third kappa shape index (κ3) is 3.90. The molecule has 19 heavy (non-hydrogen) atoms. The lowest BCUT2D eigenvalue weighted by atomic mass is 10.1. The molecule has 0 bridgehead atoms. The first kappa shape index (κ1) is 15.9. The maximum absolute atomic E-state index is 12.2. The highest BCUT2D eigenvalue weighted by Gasteiger charge is 2.42. The number of hydrogen-bond donors (Lipinski definition) is 2. The molecule has 1 aromatic rings. The van der Waals surface area contributed by atoms with Gasteiger partial charge in [0, 0.05) is 6.16 Å². The molecule has 1 aromatic carbocycles. The number of carbonyl (C=O) groups is 1. The molecule has 0 heterocycles. The second-order valence-corrected chi connectivity index (χ2v) is 7.09. The second kappa shape index (κ2) is 6.33. The van der Waals surface area contributed by atoms with Gasteiger partial charge in [0.25, 0.3) is 0 Å². The van der Waals surface area contributed by atoms with E-state index in [1.54, 1.807) is 37.3 Å². The SMILES string of the molecule is CCOC(=O)CCP(=O)(O)[C@](C)(O)c1ccccc1. The van der Waals surface area contributed by atoms with Gasteiger partial charge in [-0.3, -0.25) is 9.36 Å². The summed E-state index contributed by atoms with van der Waals surface area (Å²) in [6, 6.07) is 8.26. The summed E-state index contributed by atoms with van der Waals surface area (Å²) in [6.45, 7) is 3.18. The molecular weight excluding hydrogens is 267 g/mol. The van der Waals surface area contributed by atoms with Crippen LogP contribution in [0.2, 0.25) is 0 Å². The predicted octanol–water partition coefficient (Wildman–Crippen LogP) is 2.08. The van der Waals surface area contributed by atoms with Crippen LogP contribution in [0.3, 0.4) is 0 Å². The van der Waals surface area contributed by atoms with Crippen molar-refractivity contribution in [2.45, 2.75) is 25.6 Å². The van der Waals surface area contributed by atoms with Crippen molar-refractivity contribution in [3.63, 3.8) is 0 Å². The molecule has 0 saturated carbocycles. The maximum atomic E-state index is 12.2. The highest BCUT2D eigenvalue weighted by atomic mass is 31.2. The Morgan fingerprint density at radius 1 is 1.37 bits per heavy atom. The van der Waals surface area contributed by atoms with Gasteiger partial charge in [-0.25, -0.2) is 0 Å². The summed E-state index contributed by atoms with van der Waals surface area (Å²) in [5.41, 5.74) is 0.352. The fraction of sp³-hybridized carbons (Fsp3) is 0.462. The van der Waals surface area contributed by atoms with Crippen LogP contribution >= 0.6 is 7.37 Å². The lowest BCUT2D eigenvalue weighted by Crippen LogP contribution is -2.24. The molecule has 0 aliphatic heterocycles. The molecule has 0 amide bonds. The Balaban J connectivity index is 2.81. The first-order valence-corrected chi connectivity index (χ1v) is 7.91. The molecule has 5 nitrogen and oxygen atoms in total. The van der Waals surface area contributed by atoms with E-state index in [1.807, 2.05) is 0 Å². The summed E-state index contributed by atoms with van der Waals surface area (Å²) in [5.74, 6) is -0.541. The molecule has 0 spiro atoms. The van der Waals surface area contributed by atoms with Crippen LogP contribution in [-0.4, -0.2) is 28.7 Å². The van der Waals surface area contributed by atoms with Crippen LogP contribution < -0.4 is 0 Å². The van der Waals surface area contributed by atoms with Crippen molar-refractivity contribution in [3.05, 3.63) is 35.9 Å². The number of hydrogen-bond acceptors (Lipinski definition) is 4. The monoisotopic (exact) mass is 286 g/mol. The Labute approximate surface area is 112 Å². The van der Waals surface area contributed by atoms with E-state index < -0.39 is 18.7 Å². The summed E-state index contributed by atoms with van der Waals surface area (Å²) >= 11 is 0. The third-order valence-corrected chi connectivity index (χ3v) is 5.37. The Kier molecular flexibility index (Phi) is 5.29. The van der Waals surface area contributed by atoms with Gasteiger partial charge in [-0.05, 0) is 19.4 Å². The topological polar surface area (TPSA) is 83.8 Å². The standard InChI is InChI=1S/C13H19O5P/c1-3-18-12(14)9-10-19(16,17)13(2,15)11-7-5-4-6-8-11/h4-8,15H,3,9-10H2,1-2H3,(H,16,17)/t13-/m0/s1. The van der Waals surface area contributed by atoms with Crippen molar-refractivity contribution in [3.8, 4) is 0 Å². The zero-order chi connectivity index (χ0) is 14.5. The zero-order valence-corrected chi connectivity index (χ0v) is 12.0. The molecular formula is C13H19O5P. The zero-order valence-electron chi connectivity index (χ0n) is 11.1. The molecule has 0 aromatic heterocycles. The van der Waals surface area contributed by atoms with Crippen molar-refractivity contribution < 1.29 is 24.1 Å². The Bertz CT molecular complexity index is 469. The van der Waals surface area contributed by atoms with Gasteiger partial charge >= 0.3 is 5.97 Å². The minimum atomic E-state index is -3.94. The van der Waals surface area contributed by atoms with E-state index in [9.17, 15) is 19.4 Å². The Hall–Kier alpha value is -1.16. The van der Waals surface area contributed by atoms with Gasteiger partial charge in [0.15, 0.2) is 5.34 Å². The first-order chi connectivity index (χ1) is 8.81.